The number of anilines is 1. The molecule has 0 aliphatic heterocycles. The summed E-state index contributed by atoms with van der Waals surface area (Å²) in [5.41, 5.74) is 4.46. The number of rotatable bonds is 7. The van der Waals surface area contributed by atoms with Gasteiger partial charge in [-0.15, -0.1) is 0 Å². The lowest BCUT2D eigenvalue weighted by molar-refractivity contribution is -0.119. The van der Waals surface area contributed by atoms with E-state index in [1.807, 2.05) is 63.2 Å². The third-order valence-corrected chi connectivity index (χ3v) is 5.36. The van der Waals surface area contributed by atoms with Crippen molar-refractivity contribution in [2.24, 2.45) is 0 Å². The van der Waals surface area contributed by atoms with Gasteiger partial charge in [-0.1, -0.05) is 55.0 Å². The zero-order valence-corrected chi connectivity index (χ0v) is 16.6. The number of amides is 1. The highest BCUT2D eigenvalue weighted by Gasteiger charge is 2.24. The molecule has 6 heteroatoms. The minimum absolute atomic E-state index is 0.234. The van der Waals surface area contributed by atoms with Crippen LogP contribution in [0, 0.1) is 13.8 Å². The number of hydrogen-bond donors (Lipinski definition) is 1. The fraction of sp³-hybridized carbons (Fsp3) is 0.350. The third-order valence-electron chi connectivity index (χ3n) is 4.25. The van der Waals surface area contributed by atoms with Crippen LogP contribution in [0.4, 0.5) is 5.69 Å². The molecule has 1 N–H and O–H groups in total. The van der Waals surface area contributed by atoms with Crippen LogP contribution < -0.4 is 9.62 Å². The Bertz CT molecular complexity index is 874. The minimum atomic E-state index is -3.58. The highest BCUT2D eigenvalue weighted by Crippen LogP contribution is 2.27. The number of carbonyl (C=O) groups excluding carboxylic acids is 1. The van der Waals surface area contributed by atoms with Gasteiger partial charge in [0.2, 0.25) is 15.9 Å². The van der Waals surface area contributed by atoms with Crippen LogP contribution in [0.5, 0.6) is 0 Å². The maximum absolute atomic E-state index is 12.4. The van der Waals surface area contributed by atoms with E-state index in [0.29, 0.717) is 18.7 Å². The Morgan fingerprint density at radius 2 is 1.73 bits per heavy atom. The first-order valence-electron chi connectivity index (χ1n) is 8.60. The number of nitrogens with zero attached hydrogens (tertiary/aromatic N) is 1. The van der Waals surface area contributed by atoms with E-state index in [1.165, 1.54) is 4.31 Å². The van der Waals surface area contributed by atoms with Gasteiger partial charge in [0, 0.05) is 6.54 Å². The fourth-order valence-electron chi connectivity index (χ4n) is 2.82. The molecule has 0 heterocycles. The average Bonchev–Trinajstić information content (AvgIpc) is 2.58. The predicted molar refractivity (Wildman–Crippen MR) is 106 cm³/mol. The van der Waals surface area contributed by atoms with Crippen molar-refractivity contribution in [3.8, 4) is 0 Å². The third kappa shape index (κ3) is 5.08. The second kappa shape index (κ2) is 8.36. The van der Waals surface area contributed by atoms with E-state index in [1.54, 1.807) is 0 Å². The number of benzene rings is 2. The smallest absolute Gasteiger partial charge is 0.241 e. The van der Waals surface area contributed by atoms with Crippen LogP contribution in [0.25, 0.3) is 0 Å². The van der Waals surface area contributed by atoms with Crippen LogP contribution in [0.1, 0.15) is 29.2 Å². The van der Waals surface area contributed by atoms with Crippen molar-refractivity contribution in [2.75, 3.05) is 17.1 Å². The van der Waals surface area contributed by atoms with Crippen molar-refractivity contribution >= 4 is 21.6 Å². The van der Waals surface area contributed by atoms with Crippen LogP contribution >= 0.6 is 0 Å². The topological polar surface area (TPSA) is 66.5 Å². The van der Waals surface area contributed by atoms with Gasteiger partial charge in [-0.05, 0) is 37.0 Å². The molecule has 0 spiro atoms. The van der Waals surface area contributed by atoms with Gasteiger partial charge in [-0.3, -0.25) is 9.10 Å². The van der Waals surface area contributed by atoms with E-state index in [9.17, 15) is 13.2 Å². The second-order valence-electron chi connectivity index (χ2n) is 6.47. The summed E-state index contributed by atoms with van der Waals surface area (Å²) in [5.74, 6) is -0.332. The molecule has 2 aromatic rings. The zero-order valence-electron chi connectivity index (χ0n) is 15.7. The maximum atomic E-state index is 12.4. The summed E-state index contributed by atoms with van der Waals surface area (Å²) >= 11 is 0. The number of para-hydroxylation sites is 1. The highest BCUT2D eigenvalue weighted by atomic mass is 32.2. The van der Waals surface area contributed by atoms with Crippen molar-refractivity contribution < 1.29 is 13.2 Å². The number of aryl methyl sites for hydroxylation is 3. The molecule has 5 nitrogen and oxygen atoms in total. The zero-order chi connectivity index (χ0) is 19.3. The molecular formula is C20H26N2O3S. The average molecular weight is 375 g/mol. The van der Waals surface area contributed by atoms with Gasteiger partial charge in [0.05, 0.1) is 11.9 Å². The Balaban J connectivity index is 2.19. The molecular weight excluding hydrogens is 348 g/mol. The normalized spacial score (nSPS) is 11.2. The van der Waals surface area contributed by atoms with Crippen LogP contribution in [0.15, 0.2) is 42.5 Å². The van der Waals surface area contributed by atoms with Gasteiger partial charge in [0.15, 0.2) is 0 Å². The van der Waals surface area contributed by atoms with Crippen LogP contribution in [-0.4, -0.2) is 27.1 Å². The molecule has 26 heavy (non-hydrogen) atoms. The van der Waals surface area contributed by atoms with Gasteiger partial charge in [0.1, 0.15) is 6.54 Å². The Labute approximate surface area is 156 Å². The van der Waals surface area contributed by atoms with Crippen LogP contribution in [0.3, 0.4) is 0 Å². The summed E-state index contributed by atoms with van der Waals surface area (Å²) in [6.07, 6.45) is 1.82. The van der Waals surface area contributed by atoms with Gasteiger partial charge in [-0.2, -0.15) is 0 Å². The van der Waals surface area contributed by atoms with Crippen molar-refractivity contribution in [1.82, 2.24) is 5.32 Å². The molecule has 0 unspecified atom stereocenters. The molecule has 2 aromatic carbocycles. The Morgan fingerprint density at radius 1 is 1.08 bits per heavy atom. The summed E-state index contributed by atoms with van der Waals surface area (Å²) in [6.45, 7) is 5.96. The van der Waals surface area contributed by atoms with E-state index in [-0.39, 0.29) is 12.5 Å². The number of hydrogen-bond acceptors (Lipinski definition) is 3. The van der Waals surface area contributed by atoms with Crippen molar-refractivity contribution in [3.05, 3.63) is 64.7 Å². The van der Waals surface area contributed by atoms with E-state index < -0.39 is 10.0 Å². The summed E-state index contributed by atoms with van der Waals surface area (Å²) < 4.78 is 25.9. The van der Waals surface area contributed by atoms with E-state index >= 15 is 0 Å². The summed E-state index contributed by atoms with van der Waals surface area (Å²) in [6, 6.07) is 13.5. The molecule has 2 rings (SSSR count). The lowest BCUT2D eigenvalue weighted by atomic mass is 10.1. The molecule has 1 amide bonds. The fourth-order valence-corrected chi connectivity index (χ4v) is 3.76. The molecule has 0 saturated heterocycles. The van der Waals surface area contributed by atoms with Gasteiger partial charge in [-0.25, -0.2) is 8.42 Å². The number of sulfonamides is 1. The maximum Gasteiger partial charge on any atom is 0.241 e. The molecule has 0 radical (unpaired) electrons. The first-order chi connectivity index (χ1) is 12.2. The number of nitrogens with one attached hydrogen (secondary N) is 1. The minimum Gasteiger partial charge on any atom is -0.350 e. The van der Waals surface area contributed by atoms with Crippen molar-refractivity contribution in [1.29, 1.82) is 0 Å². The largest absolute Gasteiger partial charge is 0.350 e. The van der Waals surface area contributed by atoms with Crippen LogP contribution in [0.2, 0.25) is 0 Å². The molecule has 0 saturated carbocycles. The Morgan fingerprint density at radius 3 is 2.31 bits per heavy atom. The molecule has 140 valence electrons. The SMILES string of the molecule is CCc1cccc(C)c1N(CC(=O)NCc1ccc(C)cc1)S(C)(=O)=O. The van der Waals surface area contributed by atoms with Gasteiger partial charge < -0.3 is 5.32 Å². The second-order valence-corrected chi connectivity index (χ2v) is 8.37. The van der Waals surface area contributed by atoms with E-state index in [2.05, 4.69) is 5.32 Å². The molecule has 0 fully saturated rings. The molecule has 0 aliphatic carbocycles. The summed E-state index contributed by atoms with van der Waals surface area (Å²) in [4.78, 5) is 12.4. The highest BCUT2D eigenvalue weighted by molar-refractivity contribution is 7.92. The summed E-state index contributed by atoms with van der Waals surface area (Å²) in [5, 5.41) is 2.80. The van der Waals surface area contributed by atoms with Gasteiger partial charge >= 0.3 is 0 Å². The van der Waals surface area contributed by atoms with E-state index in [0.717, 1.165) is 28.5 Å². The summed E-state index contributed by atoms with van der Waals surface area (Å²) in [7, 11) is -3.58. The quantitative estimate of drug-likeness (QED) is 0.810. The molecule has 0 atom stereocenters. The first-order valence-corrected chi connectivity index (χ1v) is 10.5. The van der Waals surface area contributed by atoms with E-state index in [4.69, 9.17) is 0 Å². The predicted octanol–water partition coefficient (Wildman–Crippen LogP) is 2.95. The number of carbonyl (C=O) groups is 1. The monoisotopic (exact) mass is 374 g/mol. The lowest BCUT2D eigenvalue weighted by Gasteiger charge is -2.26. The Kier molecular flexibility index (Phi) is 6.42. The standard InChI is InChI=1S/C20H26N2O3S/c1-5-18-8-6-7-16(3)20(18)22(26(4,24)25)14-19(23)21-13-17-11-9-15(2)10-12-17/h6-12H,5,13-14H2,1-4H3,(H,21,23). The first kappa shape index (κ1) is 20.0. The molecule has 0 aromatic heterocycles. The molecule has 0 bridgehead atoms. The van der Waals surface area contributed by atoms with Gasteiger partial charge in [0.25, 0.3) is 0 Å². The lowest BCUT2D eigenvalue weighted by Crippen LogP contribution is -2.41. The van der Waals surface area contributed by atoms with Crippen molar-refractivity contribution in [2.45, 2.75) is 33.7 Å². The molecule has 0 aliphatic rings. The van der Waals surface area contributed by atoms with Crippen molar-refractivity contribution in [3.63, 3.8) is 0 Å². The Hall–Kier alpha value is -2.34. The van der Waals surface area contributed by atoms with Crippen LogP contribution in [-0.2, 0) is 27.8 Å².